The van der Waals surface area contributed by atoms with E-state index < -0.39 is 0 Å². The molecule has 1 nitrogen and oxygen atoms in total. The van der Waals surface area contributed by atoms with Gasteiger partial charge in [-0.25, -0.2) is 0 Å². The van der Waals surface area contributed by atoms with Gasteiger partial charge < -0.3 is 4.74 Å². The van der Waals surface area contributed by atoms with E-state index in [1.807, 2.05) is 0 Å². The fourth-order valence-corrected chi connectivity index (χ4v) is 1.74. The Kier molecular flexibility index (Phi) is 4.67. The van der Waals surface area contributed by atoms with E-state index in [4.69, 9.17) is 4.74 Å². The molecule has 0 bridgehead atoms. The first-order valence-corrected chi connectivity index (χ1v) is 3.84. The average Bonchev–Trinajstić information content (AvgIpc) is 1.59. The van der Waals surface area contributed by atoms with Crippen LogP contribution in [0.15, 0.2) is 0 Å². The molecular weight excluding hydrogens is 163 g/mol. The summed E-state index contributed by atoms with van der Waals surface area (Å²) in [6, 6.07) is 0. The van der Waals surface area contributed by atoms with Crippen molar-refractivity contribution in [1.82, 2.24) is 0 Å². The van der Waals surface area contributed by atoms with Crippen LogP contribution in [0.5, 0.6) is 0 Å². The Hall–Kier alpha value is 0.544. The molecule has 1 radical (unpaired) electrons. The molecule has 0 N–H and O–H groups in total. The van der Waals surface area contributed by atoms with Crippen LogP contribution in [0, 0.1) is 5.92 Å². The molecule has 1 fully saturated rings. The van der Waals surface area contributed by atoms with E-state index in [0.29, 0.717) is 12.2 Å². The van der Waals surface area contributed by atoms with E-state index in [-0.39, 0.29) is 18.6 Å². The molecule has 1 aliphatic heterocycles. The smallest absolute Gasteiger partial charge is 0.0553 e. The van der Waals surface area contributed by atoms with Crippen molar-refractivity contribution in [3.63, 3.8) is 0 Å². The maximum absolute atomic E-state index is 5.56. The SMILES string of the molecule is CC1C[C@@H](C)O[C@@H](C)C1.[V]. The first-order chi connectivity index (χ1) is 4.18. The third kappa shape index (κ3) is 3.09. The van der Waals surface area contributed by atoms with Crippen molar-refractivity contribution in [3.05, 3.63) is 0 Å². The van der Waals surface area contributed by atoms with E-state index in [1.54, 1.807) is 0 Å². The minimum Gasteiger partial charge on any atom is -0.376 e. The zero-order valence-electron chi connectivity index (χ0n) is 7.00. The summed E-state index contributed by atoms with van der Waals surface area (Å²) in [5, 5.41) is 0. The van der Waals surface area contributed by atoms with Gasteiger partial charge in [0.1, 0.15) is 0 Å². The van der Waals surface area contributed by atoms with Gasteiger partial charge in [-0.05, 0) is 32.6 Å². The monoisotopic (exact) mass is 179 g/mol. The standard InChI is InChI=1S/C8H16O.V/c1-6-4-7(2)9-8(3)5-6;/h6-8H,4-5H2,1-3H3;/t6?,7-,8+;. The summed E-state index contributed by atoms with van der Waals surface area (Å²) < 4.78 is 5.56. The molecule has 0 spiro atoms. The second-order valence-electron chi connectivity index (χ2n) is 3.33. The second kappa shape index (κ2) is 4.43. The first-order valence-electron chi connectivity index (χ1n) is 3.84. The van der Waals surface area contributed by atoms with Gasteiger partial charge in [0.25, 0.3) is 0 Å². The molecule has 3 atom stereocenters. The minimum atomic E-state index is 0. The van der Waals surface area contributed by atoms with Gasteiger partial charge in [-0.3, -0.25) is 0 Å². The largest absolute Gasteiger partial charge is 0.376 e. The normalized spacial score (nSPS) is 40.5. The molecule has 2 heteroatoms. The van der Waals surface area contributed by atoms with Crippen molar-refractivity contribution in [2.45, 2.75) is 45.8 Å². The number of hydrogen-bond acceptors (Lipinski definition) is 1. The summed E-state index contributed by atoms with van der Waals surface area (Å²) in [4.78, 5) is 0. The summed E-state index contributed by atoms with van der Waals surface area (Å²) >= 11 is 0. The maximum Gasteiger partial charge on any atom is 0.0553 e. The van der Waals surface area contributed by atoms with Crippen molar-refractivity contribution < 1.29 is 23.3 Å². The van der Waals surface area contributed by atoms with Gasteiger partial charge >= 0.3 is 0 Å². The molecule has 1 heterocycles. The third-order valence-electron chi connectivity index (χ3n) is 1.93. The van der Waals surface area contributed by atoms with Gasteiger partial charge in [0.2, 0.25) is 0 Å². The van der Waals surface area contributed by atoms with Gasteiger partial charge in [0.05, 0.1) is 12.2 Å². The van der Waals surface area contributed by atoms with Crippen LogP contribution >= 0.6 is 0 Å². The number of hydrogen-bond donors (Lipinski definition) is 0. The predicted octanol–water partition coefficient (Wildman–Crippen LogP) is 2.21. The van der Waals surface area contributed by atoms with E-state index in [9.17, 15) is 0 Å². The Morgan fingerprint density at radius 1 is 1.00 bits per heavy atom. The molecule has 0 aliphatic carbocycles. The summed E-state index contributed by atoms with van der Waals surface area (Å²) in [5.74, 6) is 0.865. The zero-order valence-corrected chi connectivity index (χ0v) is 8.40. The molecule has 1 rings (SSSR count). The van der Waals surface area contributed by atoms with Crippen molar-refractivity contribution in [2.75, 3.05) is 0 Å². The van der Waals surface area contributed by atoms with Gasteiger partial charge in [0.15, 0.2) is 0 Å². The fourth-order valence-electron chi connectivity index (χ4n) is 1.74. The summed E-state index contributed by atoms with van der Waals surface area (Å²) in [6.07, 6.45) is 3.46. The quantitative estimate of drug-likeness (QED) is 0.554. The van der Waals surface area contributed by atoms with E-state index in [1.165, 1.54) is 12.8 Å². The van der Waals surface area contributed by atoms with Crippen LogP contribution in [-0.2, 0) is 23.3 Å². The summed E-state index contributed by atoms with van der Waals surface area (Å²) in [7, 11) is 0. The van der Waals surface area contributed by atoms with E-state index in [0.717, 1.165) is 5.92 Å². The van der Waals surface area contributed by atoms with Gasteiger partial charge in [-0.1, -0.05) is 6.92 Å². The van der Waals surface area contributed by atoms with Gasteiger partial charge in [-0.15, -0.1) is 0 Å². The Bertz CT molecular complexity index is 70.2. The molecule has 0 aromatic heterocycles. The molecule has 0 aromatic carbocycles. The molecule has 1 aliphatic rings. The van der Waals surface area contributed by atoms with Crippen LogP contribution in [0.4, 0.5) is 0 Å². The van der Waals surface area contributed by atoms with Crippen LogP contribution in [0.1, 0.15) is 33.6 Å². The molecule has 0 amide bonds. The van der Waals surface area contributed by atoms with Crippen molar-refractivity contribution in [2.24, 2.45) is 5.92 Å². The molecule has 59 valence electrons. The second-order valence-corrected chi connectivity index (χ2v) is 3.33. The zero-order chi connectivity index (χ0) is 6.85. The molecule has 1 saturated heterocycles. The molecule has 0 aromatic rings. The van der Waals surface area contributed by atoms with Crippen molar-refractivity contribution in [1.29, 1.82) is 0 Å². The van der Waals surface area contributed by atoms with E-state index in [2.05, 4.69) is 20.8 Å². The topological polar surface area (TPSA) is 9.23 Å². The Morgan fingerprint density at radius 2 is 1.40 bits per heavy atom. The van der Waals surface area contributed by atoms with Crippen LogP contribution in [0.25, 0.3) is 0 Å². The molecule has 10 heavy (non-hydrogen) atoms. The summed E-state index contributed by atoms with van der Waals surface area (Å²) in [6.45, 7) is 6.62. The predicted molar refractivity (Wildman–Crippen MR) is 38.4 cm³/mol. The average molecular weight is 179 g/mol. The van der Waals surface area contributed by atoms with Gasteiger partial charge in [0, 0.05) is 18.6 Å². The third-order valence-corrected chi connectivity index (χ3v) is 1.93. The van der Waals surface area contributed by atoms with Crippen LogP contribution in [0.3, 0.4) is 0 Å². The van der Waals surface area contributed by atoms with Crippen molar-refractivity contribution in [3.8, 4) is 0 Å². The van der Waals surface area contributed by atoms with E-state index >= 15 is 0 Å². The minimum absolute atomic E-state index is 0. The molecular formula is C8H16OV. The number of rotatable bonds is 0. The summed E-state index contributed by atoms with van der Waals surface area (Å²) in [5.41, 5.74) is 0. The Labute approximate surface area is 75.4 Å². The molecule has 1 unspecified atom stereocenters. The van der Waals surface area contributed by atoms with Crippen LogP contribution in [-0.4, -0.2) is 12.2 Å². The van der Waals surface area contributed by atoms with Crippen LogP contribution < -0.4 is 0 Å². The fraction of sp³-hybridized carbons (Fsp3) is 1.00. The Balaban J connectivity index is 0.000000810. The Morgan fingerprint density at radius 3 is 1.70 bits per heavy atom. The van der Waals surface area contributed by atoms with Crippen molar-refractivity contribution >= 4 is 0 Å². The maximum atomic E-state index is 5.56. The molecule has 0 saturated carbocycles. The number of ether oxygens (including phenoxy) is 1. The van der Waals surface area contributed by atoms with Gasteiger partial charge in [-0.2, -0.15) is 0 Å². The van der Waals surface area contributed by atoms with Crippen LogP contribution in [0.2, 0.25) is 0 Å². The first kappa shape index (κ1) is 10.5.